The Morgan fingerprint density at radius 3 is 2.84 bits per heavy atom. The first kappa shape index (κ1) is 14.6. The van der Waals surface area contributed by atoms with Crippen molar-refractivity contribution in [1.82, 2.24) is 0 Å². The minimum absolute atomic E-state index is 0.192. The van der Waals surface area contributed by atoms with E-state index in [0.717, 1.165) is 24.1 Å². The number of hydrogen-bond donors (Lipinski definition) is 2. The molecule has 19 heavy (non-hydrogen) atoms. The van der Waals surface area contributed by atoms with Crippen LogP contribution in [0, 0.1) is 0 Å². The fourth-order valence-electron chi connectivity index (χ4n) is 2.60. The Bertz CT molecular complexity index is 447. The third-order valence-corrected chi connectivity index (χ3v) is 4.51. The van der Waals surface area contributed by atoms with Crippen molar-refractivity contribution in [3.8, 4) is 0 Å². The molecule has 2 rings (SSSR count). The van der Waals surface area contributed by atoms with E-state index in [-0.39, 0.29) is 6.04 Å². The van der Waals surface area contributed by atoms with Crippen LogP contribution in [0.2, 0.25) is 0 Å². The van der Waals surface area contributed by atoms with Gasteiger partial charge in [0.05, 0.1) is 17.3 Å². The SMILES string of the molecule is CSCCCCCC1(N)c2ccccc2N=CC1N. The minimum Gasteiger partial charge on any atom is -0.321 e. The number of hydrogen-bond acceptors (Lipinski definition) is 4. The van der Waals surface area contributed by atoms with Crippen LogP contribution in [0.15, 0.2) is 29.3 Å². The largest absolute Gasteiger partial charge is 0.321 e. The van der Waals surface area contributed by atoms with Crippen LogP contribution in [-0.2, 0) is 5.54 Å². The molecular weight excluding hydrogens is 254 g/mol. The molecule has 4 N–H and O–H groups in total. The Hall–Kier alpha value is -0.840. The lowest BCUT2D eigenvalue weighted by atomic mass is 9.78. The van der Waals surface area contributed by atoms with E-state index < -0.39 is 5.54 Å². The van der Waals surface area contributed by atoms with E-state index in [1.54, 1.807) is 6.21 Å². The van der Waals surface area contributed by atoms with Crippen LogP contribution < -0.4 is 11.5 Å². The van der Waals surface area contributed by atoms with Gasteiger partial charge in [-0.2, -0.15) is 11.8 Å². The maximum atomic E-state index is 6.61. The van der Waals surface area contributed by atoms with Crippen LogP contribution in [0.3, 0.4) is 0 Å². The number of aliphatic imine (C=N–C) groups is 1. The van der Waals surface area contributed by atoms with Gasteiger partial charge in [0.15, 0.2) is 0 Å². The van der Waals surface area contributed by atoms with Crippen molar-refractivity contribution in [1.29, 1.82) is 0 Å². The molecule has 1 heterocycles. The fourth-order valence-corrected chi connectivity index (χ4v) is 3.09. The molecule has 0 radical (unpaired) electrons. The van der Waals surface area contributed by atoms with Crippen LogP contribution in [-0.4, -0.2) is 24.3 Å². The highest BCUT2D eigenvalue weighted by Gasteiger charge is 2.37. The summed E-state index contributed by atoms with van der Waals surface area (Å²) in [7, 11) is 0. The summed E-state index contributed by atoms with van der Waals surface area (Å²) in [6.07, 6.45) is 8.45. The third-order valence-electron chi connectivity index (χ3n) is 3.81. The molecule has 0 saturated heterocycles. The summed E-state index contributed by atoms with van der Waals surface area (Å²) in [5.74, 6) is 1.22. The lowest BCUT2D eigenvalue weighted by Gasteiger charge is -2.37. The number of fused-ring (bicyclic) bond motifs is 1. The first-order valence-electron chi connectivity index (χ1n) is 6.85. The summed E-state index contributed by atoms with van der Waals surface area (Å²) < 4.78 is 0. The van der Waals surface area contributed by atoms with Crippen molar-refractivity contribution in [3.05, 3.63) is 29.8 Å². The molecule has 1 aromatic rings. The molecule has 0 amide bonds. The van der Waals surface area contributed by atoms with E-state index >= 15 is 0 Å². The summed E-state index contributed by atoms with van der Waals surface area (Å²) in [6.45, 7) is 0. The first-order valence-corrected chi connectivity index (χ1v) is 8.25. The van der Waals surface area contributed by atoms with E-state index in [1.807, 2.05) is 30.0 Å². The second-order valence-corrected chi connectivity index (χ2v) is 6.15. The number of rotatable bonds is 6. The van der Waals surface area contributed by atoms with Crippen molar-refractivity contribution in [2.75, 3.05) is 12.0 Å². The van der Waals surface area contributed by atoms with E-state index in [4.69, 9.17) is 11.5 Å². The van der Waals surface area contributed by atoms with Gasteiger partial charge in [-0.3, -0.25) is 4.99 Å². The average Bonchev–Trinajstić information content (AvgIpc) is 2.43. The minimum atomic E-state index is -0.461. The molecule has 1 aliphatic rings. The molecule has 2 atom stereocenters. The molecular formula is C15H23N3S. The highest BCUT2D eigenvalue weighted by molar-refractivity contribution is 7.98. The Kier molecular flexibility index (Phi) is 5.02. The van der Waals surface area contributed by atoms with E-state index in [1.165, 1.54) is 18.6 Å². The van der Waals surface area contributed by atoms with E-state index in [9.17, 15) is 0 Å². The standard InChI is InChI=1S/C15H23N3S/c1-19-10-6-2-5-9-15(17)12-7-3-4-8-13(12)18-11-14(15)16/h3-4,7-8,11,14H,2,5-6,9-10,16-17H2,1H3. The molecule has 0 aliphatic carbocycles. The molecule has 0 spiro atoms. The van der Waals surface area contributed by atoms with Gasteiger partial charge in [0.1, 0.15) is 0 Å². The number of thioether (sulfide) groups is 1. The molecule has 1 aliphatic heterocycles. The van der Waals surface area contributed by atoms with Gasteiger partial charge in [0.2, 0.25) is 0 Å². The van der Waals surface area contributed by atoms with Crippen LogP contribution in [0.1, 0.15) is 31.2 Å². The maximum absolute atomic E-state index is 6.61. The molecule has 0 bridgehead atoms. The number of benzene rings is 1. The summed E-state index contributed by atoms with van der Waals surface area (Å²) in [6, 6.07) is 7.89. The number of nitrogens with zero attached hydrogens (tertiary/aromatic N) is 1. The Morgan fingerprint density at radius 1 is 1.26 bits per heavy atom. The lowest BCUT2D eigenvalue weighted by Crippen LogP contribution is -2.54. The second-order valence-electron chi connectivity index (χ2n) is 5.16. The van der Waals surface area contributed by atoms with Crippen LogP contribution in [0.4, 0.5) is 5.69 Å². The molecule has 104 valence electrons. The second kappa shape index (κ2) is 6.55. The zero-order chi connectivity index (χ0) is 13.7. The van der Waals surface area contributed by atoms with Crippen molar-refractivity contribution >= 4 is 23.7 Å². The lowest BCUT2D eigenvalue weighted by molar-refractivity contribution is 0.365. The van der Waals surface area contributed by atoms with Crippen LogP contribution >= 0.6 is 11.8 Å². The zero-order valence-corrected chi connectivity index (χ0v) is 12.3. The maximum Gasteiger partial charge on any atom is 0.0677 e. The number of unbranched alkanes of at least 4 members (excludes halogenated alkanes) is 2. The van der Waals surface area contributed by atoms with Gasteiger partial charge >= 0.3 is 0 Å². The normalized spacial score (nSPS) is 25.3. The van der Waals surface area contributed by atoms with Gasteiger partial charge in [0, 0.05) is 6.21 Å². The monoisotopic (exact) mass is 277 g/mol. The van der Waals surface area contributed by atoms with Crippen molar-refractivity contribution in [3.63, 3.8) is 0 Å². The number of nitrogens with two attached hydrogens (primary N) is 2. The predicted octanol–water partition coefficient (Wildman–Crippen LogP) is 2.81. The van der Waals surface area contributed by atoms with Crippen molar-refractivity contribution < 1.29 is 0 Å². The molecule has 0 saturated carbocycles. The molecule has 2 unspecified atom stereocenters. The summed E-state index contributed by atoms with van der Waals surface area (Å²) in [4.78, 5) is 4.39. The highest BCUT2D eigenvalue weighted by Crippen LogP contribution is 2.36. The molecule has 1 aromatic carbocycles. The van der Waals surface area contributed by atoms with Crippen LogP contribution in [0.5, 0.6) is 0 Å². The van der Waals surface area contributed by atoms with Crippen molar-refractivity contribution in [2.24, 2.45) is 16.5 Å². The first-order chi connectivity index (χ1) is 9.18. The summed E-state index contributed by atoms with van der Waals surface area (Å²) in [5, 5.41) is 0. The van der Waals surface area contributed by atoms with Gasteiger partial charge in [-0.1, -0.05) is 31.0 Å². The Labute approximate surface area is 119 Å². The molecule has 0 fully saturated rings. The van der Waals surface area contributed by atoms with Crippen molar-refractivity contribution in [2.45, 2.75) is 37.3 Å². The average molecular weight is 277 g/mol. The van der Waals surface area contributed by atoms with Gasteiger partial charge in [0.25, 0.3) is 0 Å². The molecule has 0 aromatic heterocycles. The fraction of sp³-hybridized carbons (Fsp3) is 0.533. The highest BCUT2D eigenvalue weighted by atomic mass is 32.2. The van der Waals surface area contributed by atoms with Gasteiger partial charge in [-0.15, -0.1) is 0 Å². The quantitative estimate of drug-likeness (QED) is 0.786. The zero-order valence-electron chi connectivity index (χ0n) is 11.5. The Morgan fingerprint density at radius 2 is 2.05 bits per heavy atom. The van der Waals surface area contributed by atoms with Gasteiger partial charge in [-0.05, 0) is 36.5 Å². The van der Waals surface area contributed by atoms with E-state index in [2.05, 4.69) is 17.3 Å². The van der Waals surface area contributed by atoms with Gasteiger partial charge < -0.3 is 11.5 Å². The Balaban J connectivity index is 2.06. The van der Waals surface area contributed by atoms with E-state index in [0.29, 0.717) is 0 Å². The summed E-state index contributed by atoms with van der Waals surface area (Å²) in [5.41, 5.74) is 14.4. The third kappa shape index (κ3) is 3.19. The molecule has 3 nitrogen and oxygen atoms in total. The summed E-state index contributed by atoms with van der Waals surface area (Å²) >= 11 is 1.90. The molecule has 4 heteroatoms. The smallest absolute Gasteiger partial charge is 0.0677 e. The number of para-hydroxylation sites is 1. The van der Waals surface area contributed by atoms with Gasteiger partial charge in [-0.25, -0.2) is 0 Å². The predicted molar refractivity (Wildman–Crippen MR) is 85.3 cm³/mol. The topological polar surface area (TPSA) is 64.4 Å². The van der Waals surface area contributed by atoms with Crippen LogP contribution in [0.25, 0.3) is 0 Å².